The van der Waals surface area contributed by atoms with Crippen molar-refractivity contribution in [2.45, 2.75) is 26.7 Å². The number of fused-ring (bicyclic) bond motifs is 1. The molecule has 31 heavy (non-hydrogen) atoms. The summed E-state index contributed by atoms with van der Waals surface area (Å²) < 4.78 is 6.49. The summed E-state index contributed by atoms with van der Waals surface area (Å²) in [6.45, 7) is 5.56. The van der Waals surface area contributed by atoms with E-state index >= 15 is 0 Å². The van der Waals surface area contributed by atoms with Crippen molar-refractivity contribution in [3.05, 3.63) is 48.0 Å². The Balaban J connectivity index is 1.38. The molecule has 1 fully saturated rings. The summed E-state index contributed by atoms with van der Waals surface area (Å²) >= 11 is 1.42. The third kappa shape index (κ3) is 5.14. The number of hydrogen-bond acceptors (Lipinski definition) is 5. The van der Waals surface area contributed by atoms with Gasteiger partial charge in [-0.3, -0.25) is 4.79 Å². The Hall–Kier alpha value is -3.13. The Kier molecular flexibility index (Phi) is 6.36. The summed E-state index contributed by atoms with van der Waals surface area (Å²) in [5.74, 6) is 0.430. The van der Waals surface area contributed by atoms with E-state index in [0.717, 1.165) is 40.1 Å². The average Bonchev–Trinajstić information content (AvgIpc) is 3.15. The maximum Gasteiger partial charge on any atom is 0.321 e. The molecule has 0 saturated carbocycles. The topological polar surface area (TPSA) is 83.6 Å². The lowest BCUT2D eigenvalue weighted by molar-refractivity contribution is -0.121. The standard InChI is InChI=1S/C23H26N4O3S/c1-3-30-18-9-10-19-20(13-18)31-22(25-19)26-21(28)16-7-5-11-27(14-16)23(29)24-17-8-4-6-15(2)12-17/h4,6,8-10,12-13,16H,3,5,7,11,14H2,1-2H3,(H,24,29)(H,25,26,28). The van der Waals surface area contributed by atoms with Gasteiger partial charge in [0.1, 0.15) is 5.75 Å². The molecule has 2 N–H and O–H groups in total. The number of nitrogens with one attached hydrogen (secondary N) is 2. The van der Waals surface area contributed by atoms with Crippen LogP contribution in [0.15, 0.2) is 42.5 Å². The minimum absolute atomic E-state index is 0.0999. The molecule has 4 rings (SSSR count). The van der Waals surface area contributed by atoms with Gasteiger partial charge in [0.2, 0.25) is 5.91 Å². The Labute approximate surface area is 185 Å². The second kappa shape index (κ2) is 9.34. The zero-order chi connectivity index (χ0) is 21.8. The van der Waals surface area contributed by atoms with E-state index in [1.54, 1.807) is 4.90 Å². The van der Waals surface area contributed by atoms with E-state index in [0.29, 0.717) is 24.8 Å². The third-order valence-corrected chi connectivity index (χ3v) is 6.18. The van der Waals surface area contributed by atoms with Gasteiger partial charge in [0.05, 0.1) is 22.7 Å². The molecule has 3 amide bonds. The van der Waals surface area contributed by atoms with Gasteiger partial charge in [0, 0.05) is 18.8 Å². The Morgan fingerprint density at radius 3 is 2.90 bits per heavy atom. The van der Waals surface area contributed by atoms with Crippen LogP contribution in [0, 0.1) is 12.8 Å². The zero-order valence-electron chi connectivity index (χ0n) is 17.7. The molecular formula is C23H26N4O3S. The van der Waals surface area contributed by atoms with Crippen molar-refractivity contribution in [3.8, 4) is 5.75 Å². The first-order chi connectivity index (χ1) is 15.0. The van der Waals surface area contributed by atoms with Gasteiger partial charge in [-0.05, 0) is 62.6 Å². The number of aryl methyl sites for hydroxylation is 1. The molecule has 0 aliphatic carbocycles. The fourth-order valence-corrected chi connectivity index (χ4v) is 4.62. The van der Waals surface area contributed by atoms with E-state index < -0.39 is 0 Å². The molecule has 0 spiro atoms. The molecule has 2 heterocycles. The van der Waals surface area contributed by atoms with Crippen LogP contribution in [0.25, 0.3) is 10.2 Å². The highest BCUT2D eigenvalue weighted by atomic mass is 32.1. The molecule has 1 atom stereocenters. The monoisotopic (exact) mass is 438 g/mol. The summed E-state index contributed by atoms with van der Waals surface area (Å²) in [6, 6.07) is 13.2. The second-order valence-corrected chi connectivity index (χ2v) is 8.69. The minimum atomic E-state index is -0.261. The number of rotatable bonds is 5. The molecular weight excluding hydrogens is 412 g/mol. The highest BCUT2D eigenvalue weighted by molar-refractivity contribution is 7.22. The number of ether oxygens (including phenoxy) is 1. The normalized spacial score (nSPS) is 16.2. The third-order valence-electron chi connectivity index (χ3n) is 5.25. The molecule has 8 heteroatoms. The molecule has 1 unspecified atom stereocenters. The predicted octanol–water partition coefficient (Wildman–Crippen LogP) is 4.89. The molecule has 0 bridgehead atoms. The lowest BCUT2D eigenvalue weighted by Gasteiger charge is -2.31. The first kappa shape index (κ1) is 21.1. The number of anilines is 2. The molecule has 1 aliphatic heterocycles. The number of urea groups is 1. The summed E-state index contributed by atoms with van der Waals surface area (Å²) in [6.07, 6.45) is 1.54. The van der Waals surface area contributed by atoms with Gasteiger partial charge >= 0.3 is 6.03 Å². The van der Waals surface area contributed by atoms with E-state index in [1.807, 2.05) is 56.3 Å². The van der Waals surface area contributed by atoms with Crippen molar-refractivity contribution in [1.29, 1.82) is 0 Å². The van der Waals surface area contributed by atoms with Crippen LogP contribution in [-0.2, 0) is 4.79 Å². The van der Waals surface area contributed by atoms with Crippen LogP contribution in [-0.4, -0.2) is 41.5 Å². The second-order valence-electron chi connectivity index (χ2n) is 7.66. The Morgan fingerprint density at radius 1 is 1.23 bits per heavy atom. The van der Waals surface area contributed by atoms with Crippen LogP contribution < -0.4 is 15.4 Å². The number of likely N-dealkylation sites (tertiary alicyclic amines) is 1. The van der Waals surface area contributed by atoms with Crippen LogP contribution in [0.3, 0.4) is 0 Å². The van der Waals surface area contributed by atoms with Crippen molar-refractivity contribution in [1.82, 2.24) is 9.88 Å². The first-order valence-corrected chi connectivity index (χ1v) is 11.3. The maximum absolute atomic E-state index is 12.9. The van der Waals surface area contributed by atoms with Gasteiger partial charge in [-0.15, -0.1) is 0 Å². The SMILES string of the molecule is CCOc1ccc2nc(NC(=O)C3CCCN(C(=O)Nc4cccc(C)c4)C3)sc2c1. The van der Waals surface area contributed by atoms with E-state index in [4.69, 9.17) is 4.74 Å². The van der Waals surface area contributed by atoms with E-state index in [-0.39, 0.29) is 17.9 Å². The van der Waals surface area contributed by atoms with E-state index in [9.17, 15) is 9.59 Å². The Bertz CT molecular complexity index is 1100. The van der Waals surface area contributed by atoms with Crippen LogP contribution in [0.5, 0.6) is 5.75 Å². The fourth-order valence-electron chi connectivity index (χ4n) is 3.72. The summed E-state index contributed by atoms with van der Waals surface area (Å²) in [7, 11) is 0. The van der Waals surface area contributed by atoms with Crippen molar-refractivity contribution < 1.29 is 14.3 Å². The van der Waals surface area contributed by atoms with Crippen LogP contribution in [0.1, 0.15) is 25.3 Å². The van der Waals surface area contributed by atoms with Crippen LogP contribution in [0.2, 0.25) is 0 Å². The van der Waals surface area contributed by atoms with Gasteiger partial charge in [-0.25, -0.2) is 9.78 Å². The van der Waals surface area contributed by atoms with Gasteiger partial charge in [-0.1, -0.05) is 23.5 Å². The molecule has 1 saturated heterocycles. The van der Waals surface area contributed by atoms with Crippen LogP contribution >= 0.6 is 11.3 Å². The summed E-state index contributed by atoms with van der Waals surface area (Å²) in [4.78, 5) is 31.7. The largest absolute Gasteiger partial charge is 0.494 e. The average molecular weight is 439 g/mol. The summed E-state index contributed by atoms with van der Waals surface area (Å²) in [5, 5.41) is 6.43. The number of carbonyl (C=O) groups excluding carboxylic acids is 2. The molecule has 1 aromatic heterocycles. The fraction of sp³-hybridized carbons (Fsp3) is 0.348. The smallest absolute Gasteiger partial charge is 0.321 e. The summed E-state index contributed by atoms with van der Waals surface area (Å²) in [5.41, 5.74) is 2.67. The number of benzene rings is 2. The number of amides is 3. The molecule has 0 radical (unpaired) electrons. The van der Waals surface area contributed by atoms with E-state index in [2.05, 4.69) is 15.6 Å². The minimum Gasteiger partial charge on any atom is -0.494 e. The van der Waals surface area contributed by atoms with Crippen molar-refractivity contribution in [2.75, 3.05) is 30.3 Å². The molecule has 162 valence electrons. The van der Waals surface area contributed by atoms with Gasteiger partial charge in [-0.2, -0.15) is 0 Å². The lowest BCUT2D eigenvalue weighted by atomic mass is 9.97. The van der Waals surface area contributed by atoms with Crippen molar-refractivity contribution in [2.24, 2.45) is 5.92 Å². The van der Waals surface area contributed by atoms with Crippen LogP contribution in [0.4, 0.5) is 15.6 Å². The van der Waals surface area contributed by atoms with Crippen molar-refractivity contribution >= 4 is 44.3 Å². The quantitative estimate of drug-likeness (QED) is 0.594. The molecule has 3 aromatic rings. The van der Waals surface area contributed by atoms with Gasteiger partial charge < -0.3 is 20.3 Å². The first-order valence-electron chi connectivity index (χ1n) is 10.5. The van der Waals surface area contributed by atoms with Gasteiger partial charge in [0.25, 0.3) is 0 Å². The zero-order valence-corrected chi connectivity index (χ0v) is 18.5. The number of carbonyl (C=O) groups is 2. The lowest BCUT2D eigenvalue weighted by Crippen LogP contribution is -2.45. The predicted molar refractivity (Wildman–Crippen MR) is 124 cm³/mol. The van der Waals surface area contributed by atoms with E-state index in [1.165, 1.54) is 11.3 Å². The molecule has 7 nitrogen and oxygen atoms in total. The number of aromatic nitrogens is 1. The number of hydrogen-bond donors (Lipinski definition) is 2. The maximum atomic E-state index is 12.9. The number of nitrogens with zero attached hydrogens (tertiary/aromatic N) is 2. The molecule has 1 aliphatic rings. The van der Waals surface area contributed by atoms with Gasteiger partial charge in [0.15, 0.2) is 5.13 Å². The Morgan fingerprint density at radius 2 is 2.10 bits per heavy atom. The van der Waals surface area contributed by atoms with Crippen molar-refractivity contribution in [3.63, 3.8) is 0 Å². The number of piperidine rings is 1. The highest BCUT2D eigenvalue weighted by Gasteiger charge is 2.29. The molecule has 2 aromatic carbocycles. The number of thiazole rings is 1. The highest BCUT2D eigenvalue weighted by Crippen LogP contribution is 2.30.